The van der Waals surface area contributed by atoms with Crippen LogP contribution in [0.1, 0.15) is 15.9 Å². The Balaban J connectivity index is 2.15. The minimum atomic E-state index is -0.267. The van der Waals surface area contributed by atoms with Crippen molar-refractivity contribution < 1.29 is 14.3 Å². The van der Waals surface area contributed by atoms with E-state index in [1.807, 2.05) is 0 Å². The van der Waals surface area contributed by atoms with E-state index in [0.717, 1.165) is 5.56 Å². The summed E-state index contributed by atoms with van der Waals surface area (Å²) in [6, 6.07) is 10.2. The van der Waals surface area contributed by atoms with Gasteiger partial charge in [-0.05, 0) is 23.8 Å². The molecule has 0 atom stereocenters. The zero-order valence-electron chi connectivity index (χ0n) is 12.2. The predicted molar refractivity (Wildman–Crippen MR) is 87.2 cm³/mol. The Morgan fingerprint density at radius 2 is 1.68 bits per heavy atom. The summed E-state index contributed by atoms with van der Waals surface area (Å²) in [5, 5.41) is 3.67. The second-order valence-corrected chi connectivity index (χ2v) is 5.28. The molecule has 0 saturated heterocycles. The molecular weight excluding hydrogens is 325 g/mol. The number of hydrogen-bond acceptors (Lipinski definition) is 3. The average Bonchev–Trinajstić information content (AvgIpc) is 2.53. The van der Waals surface area contributed by atoms with Crippen LogP contribution in [-0.2, 0) is 6.54 Å². The van der Waals surface area contributed by atoms with Crippen LogP contribution in [0.4, 0.5) is 0 Å². The molecule has 0 saturated carbocycles. The van der Waals surface area contributed by atoms with Gasteiger partial charge in [-0.15, -0.1) is 0 Å². The number of halogens is 2. The lowest BCUT2D eigenvalue weighted by Crippen LogP contribution is -2.23. The summed E-state index contributed by atoms with van der Waals surface area (Å²) >= 11 is 12.2. The SMILES string of the molecule is COc1cc(Cl)c(CNC(=O)c2ccccc2Cl)cc1OC. The van der Waals surface area contributed by atoms with Gasteiger partial charge < -0.3 is 14.8 Å². The minimum absolute atomic E-state index is 0.253. The van der Waals surface area contributed by atoms with Crippen molar-refractivity contribution in [2.24, 2.45) is 0 Å². The van der Waals surface area contributed by atoms with Crippen LogP contribution in [0.25, 0.3) is 0 Å². The molecule has 0 heterocycles. The van der Waals surface area contributed by atoms with Gasteiger partial charge in [-0.2, -0.15) is 0 Å². The maximum atomic E-state index is 12.1. The Morgan fingerprint density at radius 3 is 2.32 bits per heavy atom. The number of rotatable bonds is 5. The fraction of sp³-hybridized carbons (Fsp3) is 0.188. The minimum Gasteiger partial charge on any atom is -0.493 e. The van der Waals surface area contributed by atoms with Crippen molar-refractivity contribution in [2.75, 3.05) is 14.2 Å². The van der Waals surface area contributed by atoms with Gasteiger partial charge in [-0.1, -0.05) is 35.3 Å². The highest BCUT2D eigenvalue weighted by Crippen LogP contribution is 2.33. The van der Waals surface area contributed by atoms with Crippen LogP contribution in [0.2, 0.25) is 10.0 Å². The van der Waals surface area contributed by atoms with Crippen molar-refractivity contribution in [1.29, 1.82) is 0 Å². The Bertz CT molecular complexity index is 689. The summed E-state index contributed by atoms with van der Waals surface area (Å²) < 4.78 is 10.4. The molecule has 6 heteroatoms. The first-order valence-corrected chi connectivity index (χ1v) is 7.25. The Labute approximate surface area is 138 Å². The maximum Gasteiger partial charge on any atom is 0.253 e. The number of amides is 1. The number of benzene rings is 2. The standard InChI is InChI=1S/C16H15Cl2NO3/c1-21-14-7-10(13(18)8-15(14)22-2)9-19-16(20)11-5-3-4-6-12(11)17/h3-8H,9H2,1-2H3,(H,19,20). The maximum absolute atomic E-state index is 12.1. The van der Waals surface area contributed by atoms with Crippen LogP contribution < -0.4 is 14.8 Å². The van der Waals surface area contributed by atoms with E-state index in [1.54, 1.807) is 36.4 Å². The first kappa shape index (κ1) is 16.5. The smallest absolute Gasteiger partial charge is 0.253 e. The number of hydrogen-bond donors (Lipinski definition) is 1. The van der Waals surface area contributed by atoms with Crippen LogP contribution in [0.15, 0.2) is 36.4 Å². The molecule has 0 aromatic heterocycles. The van der Waals surface area contributed by atoms with Crippen molar-refractivity contribution in [1.82, 2.24) is 5.32 Å². The Morgan fingerprint density at radius 1 is 1.05 bits per heavy atom. The molecule has 0 unspecified atom stereocenters. The van der Waals surface area contributed by atoms with Gasteiger partial charge in [-0.25, -0.2) is 0 Å². The van der Waals surface area contributed by atoms with E-state index in [9.17, 15) is 4.79 Å². The Kier molecular flexibility index (Phi) is 5.52. The third kappa shape index (κ3) is 3.64. The molecule has 0 spiro atoms. The van der Waals surface area contributed by atoms with Crippen LogP contribution >= 0.6 is 23.2 Å². The molecule has 0 aliphatic carbocycles. The number of carbonyl (C=O) groups is 1. The molecule has 0 radical (unpaired) electrons. The van der Waals surface area contributed by atoms with Gasteiger partial charge >= 0.3 is 0 Å². The molecule has 2 aromatic rings. The number of methoxy groups -OCH3 is 2. The zero-order valence-corrected chi connectivity index (χ0v) is 13.7. The van der Waals surface area contributed by atoms with E-state index >= 15 is 0 Å². The summed E-state index contributed by atoms with van der Waals surface area (Å²) in [6.07, 6.45) is 0. The van der Waals surface area contributed by atoms with Crippen molar-refractivity contribution >= 4 is 29.1 Å². The molecule has 22 heavy (non-hydrogen) atoms. The molecule has 1 amide bonds. The highest BCUT2D eigenvalue weighted by molar-refractivity contribution is 6.33. The lowest BCUT2D eigenvalue weighted by molar-refractivity contribution is 0.0951. The quantitative estimate of drug-likeness (QED) is 0.897. The van der Waals surface area contributed by atoms with E-state index in [4.69, 9.17) is 32.7 Å². The number of carbonyl (C=O) groups excluding carboxylic acids is 1. The van der Waals surface area contributed by atoms with Crippen LogP contribution in [0, 0.1) is 0 Å². The second kappa shape index (κ2) is 7.38. The largest absolute Gasteiger partial charge is 0.493 e. The lowest BCUT2D eigenvalue weighted by atomic mass is 10.1. The highest BCUT2D eigenvalue weighted by atomic mass is 35.5. The number of ether oxygens (including phenoxy) is 2. The van der Waals surface area contributed by atoms with Crippen molar-refractivity contribution in [3.8, 4) is 11.5 Å². The summed E-state index contributed by atoms with van der Waals surface area (Å²) in [4.78, 5) is 12.1. The molecule has 4 nitrogen and oxygen atoms in total. The van der Waals surface area contributed by atoms with Crippen molar-refractivity contribution in [2.45, 2.75) is 6.54 Å². The van der Waals surface area contributed by atoms with Crippen LogP contribution in [0.3, 0.4) is 0 Å². The van der Waals surface area contributed by atoms with Crippen molar-refractivity contribution in [3.05, 3.63) is 57.6 Å². The average molecular weight is 340 g/mol. The summed E-state index contributed by atoms with van der Waals surface area (Å²) in [7, 11) is 3.07. The van der Waals surface area contributed by atoms with Gasteiger partial charge in [0.25, 0.3) is 5.91 Å². The molecule has 0 aliphatic heterocycles. The second-order valence-electron chi connectivity index (χ2n) is 4.46. The summed E-state index contributed by atoms with van der Waals surface area (Å²) in [5.41, 5.74) is 1.14. The monoisotopic (exact) mass is 339 g/mol. The Hall–Kier alpha value is -1.91. The van der Waals surface area contributed by atoms with Crippen LogP contribution in [0.5, 0.6) is 11.5 Å². The fourth-order valence-electron chi connectivity index (χ4n) is 1.95. The van der Waals surface area contributed by atoms with Crippen LogP contribution in [-0.4, -0.2) is 20.1 Å². The van der Waals surface area contributed by atoms with Gasteiger partial charge in [0.1, 0.15) is 0 Å². The molecule has 0 bridgehead atoms. The molecular formula is C16H15Cl2NO3. The van der Waals surface area contributed by atoms with Gasteiger partial charge in [0.2, 0.25) is 0 Å². The van der Waals surface area contributed by atoms with Gasteiger partial charge in [0, 0.05) is 17.6 Å². The number of nitrogens with one attached hydrogen (secondary N) is 1. The fourth-order valence-corrected chi connectivity index (χ4v) is 2.39. The lowest BCUT2D eigenvalue weighted by Gasteiger charge is -2.12. The van der Waals surface area contributed by atoms with Gasteiger partial charge in [0.05, 0.1) is 24.8 Å². The molecule has 1 N–H and O–H groups in total. The summed E-state index contributed by atoms with van der Waals surface area (Å²) in [5.74, 6) is 0.819. The van der Waals surface area contributed by atoms with E-state index in [-0.39, 0.29) is 12.5 Å². The molecule has 2 rings (SSSR count). The molecule has 116 valence electrons. The van der Waals surface area contributed by atoms with E-state index in [1.165, 1.54) is 14.2 Å². The van der Waals surface area contributed by atoms with Gasteiger partial charge in [0.15, 0.2) is 11.5 Å². The molecule has 0 fully saturated rings. The molecule has 2 aromatic carbocycles. The zero-order chi connectivity index (χ0) is 16.1. The van der Waals surface area contributed by atoms with E-state index in [2.05, 4.69) is 5.32 Å². The predicted octanol–water partition coefficient (Wildman–Crippen LogP) is 3.94. The first-order chi connectivity index (χ1) is 10.6. The van der Waals surface area contributed by atoms with E-state index in [0.29, 0.717) is 27.1 Å². The summed E-state index contributed by atoms with van der Waals surface area (Å²) in [6.45, 7) is 0.253. The van der Waals surface area contributed by atoms with E-state index < -0.39 is 0 Å². The third-order valence-corrected chi connectivity index (χ3v) is 3.79. The normalized spacial score (nSPS) is 10.2. The highest BCUT2D eigenvalue weighted by Gasteiger charge is 2.13. The molecule has 0 aliphatic rings. The first-order valence-electron chi connectivity index (χ1n) is 6.50. The van der Waals surface area contributed by atoms with Crippen molar-refractivity contribution in [3.63, 3.8) is 0 Å². The van der Waals surface area contributed by atoms with Gasteiger partial charge in [-0.3, -0.25) is 4.79 Å². The third-order valence-electron chi connectivity index (χ3n) is 3.11. The topological polar surface area (TPSA) is 47.6 Å².